The van der Waals surface area contributed by atoms with Crippen LogP contribution in [0.1, 0.15) is 71.2 Å². The Bertz CT molecular complexity index is 1690. The topological polar surface area (TPSA) is 189 Å². The number of nitrogens with zero attached hydrogens (tertiary/aromatic N) is 6. The van der Waals surface area contributed by atoms with Crippen LogP contribution >= 0.6 is 0 Å². The molecule has 0 fully saturated rings. The number of hydrogen-bond donors (Lipinski definition) is 1. The van der Waals surface area contributed by atoms with Crippen molar-refractivity contribution >= 4 is 18.5 Å². The summed E-state index contributed by atoms with van der Waals surface area (Å²) in [4.78, 5) is 51.6. The van der Waals surface area contributed by atoms with Gasteiger partial charge in [-0.15, -0.1) is 25.1 Å². The lowest BCUT2D eigenvalue weighted by Crippen LogP contribution is -2.40. The van der Waals surface area contributed by atoms with Gasteiger partial charge < -0.3 is 24.3 Å². The van der Waals surface area contributed by atoms with Gasteiger partial charge in [-0.2, -0.15) is 0 Å². The zero-order valence-electron chi connectivity index (χ0n) is 28.7. The first-order valence-electron chi connectivity index (χ1n) is 16.1. The van der Waals surface area contributed by atoms with Crippen LogP contribution in [-0.2, 0) is 32.3 Å². The molecule has 266 valence electrons. The quantitative estimate of drug-likeness (QED) is 0.0457. The van der Waals surface area contributed by atoms with Crippen LogP contribution in [0, 0.1) is 16.0 Å². The van der Waals surface area contributed by atoms with Crippen molar-refractivity contribution in [3.8, 4) is 28.3 Å². The van der Waals surface area contributed by atoms with Gasteiger partial charge in [-0.05, 0) is 65.8 Å². The van der Waals surface area contributed by atoms with Gasteiger partial charge in [0.2, 0.25) is 18.0 Å². The van der Waals surface area contributed by atoms with E-state index in [9.17, 15) is 19.7 Å². The maximum Gasteiger partial charge on any atom is 0.515 e. The second-order valence-corrected chi connectivity index (χ2v) is 11.6. The molecule has 15 heteroatoms. The lowest BCUT2D eigenvalue weighted by molar-refractivity contribution is -0.763. The number of ether oxygens (including phenoxy) is 2. The summed E-state index contributed by atoms with van der Waals surface area (Å²) in [6, 6.07) is 21.9. The van der Waals surface area contributed by atoms with Crippen LogP contribution in [0.2, 0.25) is 0 Å². The highest BCUT2D eigenvalue weighted by Crippen LogP contribution is 2.31. The number of amides is 1. The van der Waals surface area contributed by atoms with E-state index in [-0.39, 0.29) is 30.8 Å². The number of benzene rings is 3. The van der Waals surface area contributed by atoms with E-state index in [1.165, 1.54) is 29.1 Å². The molecular formula is C35H42N6O9. The fraction of sp³-hybridized carbons (Fsp3) is 0.371. The molecule has 1 N–H and O–H groups in total. The van der Waals surface area contributed by atoms with Crippen molar-refractivity contribution in [3.63, 3.8) is 0 Å². The van der Waals surface area contributed by atoms with Gasteiger partial charge in [0.05, 0.1) is 0 Å². The normalized spacial score (nSPS) is 11.8. The molecule has 1 aromatic heterocycles. The average Bonchev–Trinajstić information content (AvgIpc) is 3.60. The molecule has 3 aromatic carbocycles. The summed E-state index contributed by atoms with van der Waals surface area (Å²) in [5, 5.41) is 29.1. The van der Waals surface area contributed by atoms with Crippen molar-refractivity contribution in [1.82, 2.24) is 25.1 Å². The van der Waals surface area contributed by atoms with E-state index in [0.717, 1.165) is 35.1 Å². The van der Waals surface area contributed by atoms with Crippen LogP contribution in [0.4, 0.5) is 4.79 Å². The minimum atomic E-state index is -0.987. The van der Waals surface area contributed by atoms with Gasteiger partial charge in [0.25, 0.3) is 11.6 Å². The fourth-order valence-electron chi connectivity index (χ4n) is 4.78. The Morgan fingerprint density at radius 3 is 2.20 bits per heavy atom. The highest BCUT2D eigenvalue weighted by atomic mass is 16.9. The maximum absolute atomic E-state index is 13.0. The molecule has 0 aliphatic carbocycles. The van der Waals surface area contributed by atoms with E-state index in [1.54, 1.807) is 6.92 Å². The first-order chi connectivity index (χ1) is 24.0. The van der Waals surface area contributed by atoms with Crippen molar-refractivity contribution in [1.29, 1.82) is 0 Å². The Labute approximate surface area is 289 Å². The van der Waals surface area contributed by atoms with Crippen molar-refractivity contribution in [3.05, 3.63) is 94.0 Å². The smallest absolute Gasteiger partial charge is 0.483 e. The van der Waals surface area contributed by atoms with Crippen LogP contribution in [0.25, 0.3) is 22.5 Å². The van der Waals surface area contributed by atoms with Crippen LogP contribution in [0.3, 0.4) is 0 Å². The van der Waals surface area contributed by atoms with E-state index in [4.69, 9.17) is 19.4 Å². The third-order valence-electron chi connectivity index (χ3n) is 7.79. The molecule has 0 aliphatic rings. The number of aromatic nitrogens is 4. The van der Waals surface area contributed by atoms with E-state index in [1.807, 2.05) is 53.4 Å². The molecular weight excluding hydrogens is 648 g/mol. The van der Waals surface area contributed by atoms with Gasteiger partial charge in [-0.25, -0.2) is 4.79 Å². The van der Waals surface area contributed by atoms with Gasteiger partial charge >= 0.3 is 6.16 Å². The molecule has 1 amide bonds. The van der Waals surface area contributed by atoms with Crippen molar-refractivity contribution in [2.75, 3.05) is 0 Å². The Morgan fingerprint density at radius 1 is 0.980 bits per heavy atom. The summed E-state index contributed by atoms with van der Waals surface area (Å²) in [6.07, 6.45) is 0.495. The lowest BCUT2D eigenvalue weighted by atomic mass is 9.97. The third-order valence-corrected chi connectivity index (χ3v) is 7.79. The van der Waals surface area contributed by atoms with E-state index >= 15 is 0 Å². The SMILES string of the molecule is CCCCC(=O)N(Cc1ccc(-c2ccccc2-c2nnn(C(C)OC(=O)Oc3ccc(CO[N+](=O)[O-])cc3)n2)cc1)C(C)C(C)C.O=CO. The second-order valence-electron chi connectivity index (χ2n) is 11.6. The highest BCUT2D eigenvalue weighted by molar-refractivity contribution is 5.80. The van der Waals surface area contributed by atoms with Crippen LogP contribution in [-0.4, -0.2) is 59.9 Å². The van der Waals surface area contributed by atoms with Gasteiger partial charge in [0.15, 0.2) is 0 Å². The van der Waals surface area contributed by atoms with E-state index in [0.29, 0.717) is 30.3 Å². The number of tetrazole rings is 1. The molecule has 4 rings (SSSR count). The molecule has 2 unspecified atom stereocenters. The molecule has 4 aromatic rings. The molecule has 15 nitrogen and oxygen atoms in total. The minimum absolute atomic E-state index is 0.123. The summed E-state index contributed by atoms with van der Waals surface area (Å²) < 4.78 is 10.5. The number of hydrogen-bond acceptors (Lipinski definition) is 11. The molecule has 1 heterocycles. The monoisotopic (exact) mass is 690 g/mol. The summed E-state index contributed by atoms with van der Waals surface area (Å²) in [7, 11) is 0. The van der Waals surface area contributed by atoms with Crippen molar-refractivity contribution < 1.29 is 38.9 Å². The third kappa shape index (κ3) is 11.4. The molecule has 50 heavy (non-hydrogen) atoms. The summed E-state index contributed by atoms with van der Waals surface area (Å²) in [5.74, 6) is 1.05. The zero-order chi connectivity index (χ0) is 36.6. The maximum atomic E-state index is 13.0. The standard InChI is InChI=1S/C34H40N6O7.CH2O2/c1-6-7-12-32(41)38(24(4)23(2)3)21-26-13-17-28(18-14-26)30-10-8-9-11-31(30)33-35-37-39(36-33)25(5)46-34(42)47-29-19-15-27(16-20-29)22-45-40(43)44;2-1-3/h8-11,13-20,23-25H,6-7,12,21-22H2,1-5H3;1H,(H,2,3). The molecule has 0 saturated carbocycles. The summed E-state index contributed by atoms with van der Waals surface area (Å²) >= 11 is 0. The number of unbranched alkanes of at least 4 members (excludes halogenated alkanes) is 1. The Kier molecular flexibility index (Phi) is 14.8. The molecule has 0 radical (unpaired) electrons. The first-order valence-corrected chi connectivity index (χ1v) is 16.1. The Balaban J connectivity index is 0.00000217. The van der Waals surface area contributed by atoms with Crippen LogP contribution in [0.5, 0.6) is 5.75 Å². The number of carbonyl (C=O) groups is 3. The zero-order valence-corrected chi connectivity index (χ0v) is 28.7. The van der Waals surface area contributed by atoms with Crippen LogP contribution in [0.15, 0.2) is 72.8 Å². The minimum Gasteiger partial charge on any atom is -0.483 e. The van der Waals surface area contributed by atoms with Gasteiger partial charge in [0, 0.05) is 24.6 Å². The summed E-state index contributed by atoms with van der Waals surface area (Å²) in [5.41, 5.74) is 4.16. The number of rotatable bonds is 15. The van der Waals surface area contributed by atoms with Crippen molar-refractivity contribution in [2.24, 2.45) is 5.92 Å². The first kappa shape index (κ1) is 38.6. The van der Waals surface area contributed by atoms with Gasteiger partial charge in [0.1, 0.15) is 12.4 Å². The fourth-order valence-corrected chi connectivity index (χ4v) is 4.78. The predicted molar refractivity (Wildman–Crippen MR) is 182 cm³/mol. The number of carboxylic acid groups (broad SMARTS) is 1. The van der Waals surface area contributed by atoms with Crippen molar-refractivity contribution in [2.45, 2.75) is 79.3 Å². The molecule has 0 saturated heterocycles. The molecule has 0 aliphatic heterocycles. The molecule has 2 atom stereocenters. The number of carbonyl (C=O) groups excluding carboxylic acids is 2. The van der Waals surface area contributed by atoms with E-state index in [2.05, 4.69) is 47.9 Å². The Morgan fingerprint density at radius 2 is 1.60 bits per heavy atom. The molecule has 0 bridgehead atoms. The predicted octanol–water partition coefficient (Wildman–Crippen LogP) is 6.71. The van der Waals surface area contributed by atoms with Gasteiger partial charge in [-0.1, -0.05) is 87.9 Å². The second kappa shape index (κ2) is 19.2. The van der Waals surface area contributed by atoms with E-state index < -0.39 is 17.5 Å². The largest absolute Gasteiger partial charge is 0.515 e. The molecule has 0 spiro atoms. The summed E-state index contributed by atoms with van der Waals surface area (Å²) in [6.45, 7) is 10.1. The average molecular weight is 691 g/mol. The van der Waals surface area contributed by atoms with Crippen LogP contribution < -0.4 is 4.74 Å². The Hall–Kier alpha value is -5.86. The highest BCUT2D eigenvalue weighted by Gasteiger charge is 2.23. The van der Waals surface area contributed by atoms with Gasteiger partial charge in [-0.3, -0.25) is 9.59 Å². The lowest BCUT2D eigenvalue weighted by Gasteiger charge is -2.32.